The molecule has 1 atom stereocenters. The van der Waals surface area contributed by atoms with Gasteiger partial charge in [-0.1, -0.05) is 5.16 Å². The van der Waals surface area contributed by atoms with Crippen molar-refractivity contribution in [2.24, 2.45) is 0 Å². The molecule has 110 valence electrons. The lowest BCUT2D eigenvalue weighted by Crippen LogP contribution is -2.44. The highest BCUT2D eigenvalue weighted by Crippen LogP contribution is 2.23. The zero-order chi connectivity index (χ0) is 14.8. The van der Waals surface area contributed by atoms with Gasteiger partial charge >= 0.3 is 0 Å². The highest BCUT2D eigenvalue weighted by atomic mass is 19.1. The predicted molar refractivity (Wildman–Crippen MR) is 63.0 cm³/mol. The fraction of sp³-hybridized carbons (Fsp3) is 0.333. The summed E-state index contributed by atoms with van der Waals surface area (Å²) >= 11 is 0. The number of hydrogen-bond acceptors (Lipinski definition) is 6. The van der Waals surface area contributed by atoms with Gasteiger partial charge in [0.15, 0.2) is 17.3 Å². The number of aromatic nitrogens is 3. The third-order valence-corrected chi connectivity index (χ3v) is 3.08. The van der Waals surface area contributed by atoms with Gasteiger partial charge in [-0.05, 0) is 0 Å². The second-order valence-electron chi connectivity index (χ2n) is 4.36. The van der Waals surface area contributed by atoms with E-state index in [1.807, 2.05) is 0 Å². The molecule has 1 unspecified atom stereocenters. The summed E-state index contributed by atoms with van der Waals surface area (Å²) in [5.41, 5.74) is -0.452. The first kappa shape index (κ1) is 13.6. The van der Waals surface area contributed by atoms with Gasteiger partial charge in [0.25, 0.3) is 5.91 Å². The standard InChI is InChI=1S/C12H10F2N4O3/c13-7-3-8(14)10(15-4-7)12(19)18-1-2-20-5-9(18)11-16-6-21-17-11/h3-4,6,9H,1-2,5H2. The van der Waals surface area contributed by atoms with E-state index in [0.29, 0.717) is 12.7 Å². The Morgan fingerprint density at radius 1 is 1.38 bits per heavy atom. The SMILES string of the molecule is O=C(c1ncc(F)cc1F)N1CCOCC1c1ncon1. The van der Waals surface area contributed by atoms with Crippen LogP contribution in [0.1, 0.15) is 22.4 Å². The van der Waals surface area contributed by atoms with E-state index in [2.05, 4.69) is 19.6 Å². The summed E-state index contributed by atoms with van der Waals surface area (Å²) < 4.78 is 36.5. The minimum Gasteiger partial charge on any atom is -0.377 e. The topological polar surface area (TPSA) is 81.4 Å². The minimum atomic E-state index is -1.02. The van der Waals surface area contributed by atoms with Crippen LogP contribution in [0.5, 0.6) is 0 Å². The van der Waals surface area contributed by atoms with Gasteiger partial charge in [-0.2, -0.15) is 4.98 Å². The van der Waals surface area contributed by atoms with E-state index in [-0.39, 0.29) is 19.0 Å². The van der Waals surface area contributed by atoms with Crippen molar-refractivity contribution in [1.82, 2.24) is 20.0 Å². The first-order valence-corrected chi connectivity index (χ1v) is 6.13. The van der Waals surface area contributed by atoms with Gasteiger partial charge in [-0.3, -0.25) is 4.79 Å². The normalized spacial score (nSPS) is 18.8. The Morgan fingerprint density at radius 2 is 2.24 bits per heavy atom. The van der Waals surface area contributed by atoms with Crippen LogP contribution in [0.3, 0.4) is 0 Å². The number of carbonyl (C=O) groups excluding carboxylic acids is 1. The maximum atomic E-state index is 13.7. The summed E-state index contributed by atoms with van der Waals surface area (Å²) in [5, 5.41) is 3.67. The van der Waals surface area contributed by atoms with E-state index < -0.39 is 29.3 Å². The molecule has 1 fully saturated rings. The molecule has 2 aromatic heterocycles. The maximum Gasteiger partial charge on any atom is 0.276 e. The van der Waals surface area contributed by atoms with Gasteiger partial charge in [0, 0.05) is 12.6 Å². The van der Waals surface area contributed by atoms with Gasteiger partial charge in [0.1, 0.15) is 11.9 Å². The molecule has 2 aromatic rings. The van der Waals surface area contributed by atoms with Gasteiger partial charge in [0.05, 0.1) is 19.4 Å². The Kier molecular flexibility index (Phi) is 3.57. The number of rotatable bonds is 2. The quantitative estimate of drug-likeness (QED) is 0.821. The van der Waals surface area contributed by atoms with Crippen LogP contribution in [0.4, 0.5) is 8.78 Å². The molecule has 3 heterocycles. The number of halogens is 2. The van der Waals surface area contributed by atoms with E-state index in [4.69, 9.17) is 4.74 Å². The van der Waals surface area contributed by atoms with Crippen LogP contribution >= 0.6 is 0 Å². The van der Waals surface area contributed by atoms with Crippen molar-refractivity contribution in [3.63, 3.8) is 0 Å². The third-order valence-electron chi connectivity index (χ3n) is 3.08. The molecule has 1 saturated heterocycles. The average Bonchev–Trinajstić information content (AvgIpc) is 3.01. The zero-order valence-electron chi connectivity index (χ0n) is 10.7. The van der Waals surface area contributed by atoms with Crippen molar-refractivity contribution >= 4 is 5.91 Å². The van der Waals surface area contributed by atoms with E-state index in [0.717, 1.165) is 12.6 Å². The molecule has 0 N–H and O–H groups in total. The second kappa shape index (κ2) is 5.52. The van der Waals surface area contributed by atoms with Crippen LogP contribution < -0.4 is 0 Å². The molecular weight excluding hydrogens is 286 g/mol. The minimum absolute atomic E-state index is 0.161. The number of nitrogens with zero attached hydrogens (tertiary/aromatic N) is 4. The Hall–Kier alpha value is -2.42. The van der Waals surface area contributed by atoms with Crippen molar-refractivity contribution < 1.29 is 22.8 Å². The Labute approximate surface area is 117 Å². The van der Waals surface area contributed by atoms with Crippen molar-refractivity contribution in [2.75, 3.05) is 19.8 Å². The first-order chi connectivity index (χ1) is 10.2. The lowest BCUT2D eigenvalue weighted by molar-refractivity contribution is -0.00633. The molecule has 3 rings (SSSR count). The molecule has 1 amide bonds. The molecule has 9 heteroatoms. The molecule has 0 saturated carbocycles. The van der Waals surface area contributed by atoms with Crippen LogP contribution in [-0.4, -0.2) is 45.7 Å². The third kappa shape index (κ3) is 2.59. The van der Waals surface area contributed by atoms with Crippen LogP contribution in [0.25, 0.3) is 0 Å². The largest absolute Gasteiger partial charge is 0.377 e. The number of hydrogen-bond donors (Lipinski definition) is 0. The summed E-state index contributed by atoms with van der Waals surface area (Å²) in [4.78, 5) is 21.1. The highest BCUT2D eigenvalue weighted by molar-refractivity contribution is 5.92. The van der Waals surface area contributed by atoms with Gasteiger partial charge < -0.3 is 14.2 Å². The van der Waals surface area contributed by atoms with Crippen molar-refractivity contribution in [1.29, 1.82) is 0 Å². The summed E-state index contributed by atoms with van der Waals surface area (Å²) in [6.07, 6.45) is 1.92. The molecule has 21 heavy (non-hydrogen) atoms. The number of morpholine rings is 1. The average molecular weight is 296 g/mol. The molecule has 1 aliphatic heterocycles. The molecule has 1 aliphatic rings. The van der Waals surface area contributed by atoms with Crippen molar-refractivity contribution in [3.05, 3.63) is 41.8 Å². The molecular formula is C12H10F2N4O3. The number of amides is 1. The molecule has 0 radical (unpaired) electrons. The van der Waals surface area contributed by atoms with Gasteiger partial charge in [-0.25, -0.2) is 13.8 Å². The summed E-state index contributed by atoms with van der Waals surface area (Å²) in [6.45, 7) is 0.674. The monoisotopic (exact) mass is 296 g/mol. The lowest BCUT2D eigenvalue weighted by atomic mass is 10.2. The fourth-order valence-electron chi connectivity index (χ4n) is 2.09. The highest BCUT2D eigenvalue weighted by Gasteiger charge is 2.33. The van der Waals surface area contributed by atoms with Crippen LogP contribution in [0, 0.1) is 11.6 Å². The number of ether oxygens (including phenoxy) is 1. The van der Waals surface area contributed by atoms with Gasteiger partial charge in [0.2, 0.25) is 6.39 Å². The fourth-order valence-corrected chi connectivity index (χ4v) is 2.09. The van der Waals surface area contributed by atoms with Crippen LogP contribution in [-0.2, 0) is 4.74 Å². The first-order valence-electron chi connectivity index (χ1n) is 6.13. The maximum absolute atomic E-state index is 13.7. The van der Waals surface area contributed by atoms with Gasteiger partial charge in [-0.15, -0.1) is 0 Å². The van der Waals surface area contributed by atoms with Crippen LogP contribution in [0.15, 0.2) is 23.2 Å². The zero-order valence-corrected chi connectivity index (χ0v) is 10.7. The molecule has 0 spiro atoms. The van der Waals surface area contributed by atoms with E-state index in [9.17, 15) is 13.6 Å². The number of pyridine rings is 1. The second-order valence-corrected chi connectivity index (χ2v) is 4.36. The van der Waals surface area contributed by atoms with E-state index in [1.165, 1.54) is 4.90 Å². The summed E-state index contributed by atoms with van der Waals surface area (Å²) in [6, 6.07) is 0.0144. The summed E-state index contributed by atoms with van der Waals surface area (Å²) in [7, 11) is 0. The van der Waals surface area contributed by atoms with Crippen molar-refractivity contribution in [2.45, 2.75) is 6.04 Å². The van der Waals surface area contributed by atoms with Crippen LogP contribution in [0.2, 0.25) is 0 Å². The van der Waals surface area contributed by atoms with Crippen molar-refractivity contribution in [3.8, 4) is 0 Å². The molecule has 7 nitrogen and oxygen atoms in total. The Morgan fingerprint density at radius 3 is 2.95 bits per heavy atom. The Balaban J connectivity index is 1.91. The summed E-state index contributed by atoms with van der Waals surface area (Å²) in [5.74, 6) is -2.28. The molecule has 0 bridgehead atoms. The predicted octanol–water partition coefficient (Wildman–Crippen LogP) is 0.957. The molecule has 0 aliphatic carbocycles. The lowest BCUT2D eigenvalue weighted by Gasteiger charge is -2.33. The van der Waals surface area contributed by atoms with E-state index in [1.54, 1.807) is 0 Å². The van der Waals surface area contributed by atoms with E-state index >= 15 is 0 Å². The Bertz CT molecular complexity index is 650. The smallest absolute Gasteiger partial charge is 0.276 e. The number of carbonyl (C=O) groups is 1. The molecule has 0 aromatic carbocycles.